The number of carbonyl (C=O) groups is 1. The summed E-state index contributed by atoms with van der Waals surface area (Å²) in [5.41, 5.74) is 1.13. The monoisotopic (exact) mass is 247 g/mol. The molecule has 2 N–H and O–H groups in total. The number of hydrogen-bond donors (Lipinski definition) is 2. The molecule has 0 fully saturated rings. The summed E-state index contributed by atoms with van der Waals surface area (Å²) < 4.78 is 5.06. The molecule has 0 spiro atoms. The van der Waals surface area contributed by atoms with E-state index in [4.69, 9.17) is 10.00 Å². The van der Waals surface area contributed by atoms with E-state index in [1.807, 2.05) is 30.3 Å². The van der Waals surface area contributed by atoms with Gasteiger partial charge in [-0.25, -0.2) is 4.79 Å². The predicted molar refractivity (Wildman–Crippen MR) is 68.3 cm³/mol. The average molecular weight is 247 g/mol. The number of nitrogens with zero attached hydrogens (tertiary/aromatic N) is 1. The Hall–Kier alpha value is -2.22. The maximum absolute atomic E-state index is 11.3. The van der Waals surface area contributed by atoms with Crippen molar-refractivity contribution in [1.82, 2.24) is 10.6 Å². The molecule has 5 heteroatoms. The second-order valence-electron chi connectivity index (χ2n) is 3.69. The van der Waals surface area contributed by atoms with Crippen molar-refractivity contribution in [3.8, 4) is 11.8 Å². The van der Waals surface area contributed by atoms with Crippen LogP contribution in [0.15, 0.2) is 24.3 Å². The molecule has 1 rings (SSSR count). The molecule has 0 unspecified atom stereocenters. The van der Waals surface area contributed by atoms with Crippen LogP contribution < -0.4 is 15.4 Å². The first-order valence-electron chi connectivity index (χ1n) is 5.78. The fourth-order valence-corrected chi connectivity index (χ4v) is 1.41. The maximum Gasteiger partial charge on any atom is 0.314 e. The van der Waals surface area contributed by atoms with E-state index in [1.165, 1.54) is 0 Å². The van der Waals surface area contributed by atoms with Crippen LogP contribution in [0, 0.1) is 11.3 Å². The molecule has 1 aromatic rings. The Morgan fingerprint density at radius 2 is 1.94 bits per heavy atom. The highest BCUT2D eigenvalue weighted by atomic mass is 16.5. The summed E-state index contributed by atoms with van der Waals surface area (Å²) in [7, 11) is 1.63. The molecule has 0 radical (unpaired) electrons. The quantitative estimate of drug-likeness (QED) is 0.747. The lowest BCUT2D eigenvalue weighted by atomic mass is 10.1. The van der Waals surface area contributed by atoms with Crippen LogP contribution in [0.1, 0.15) is 12.0 Å². The van der Waals surface area contributed by atoms with E-state index in [0.717, 1.165) is 17.7 Å². The van der Waals surface area contributed by atoms with E-state index in [0.29, 0.717) is 19.5 Å². The number of nitrogens with one attached hydrogen (secondary N) is 2. The molecule has 5 nitrogen and oxygen atoms in total. The van der Waals surface area contributed by atoms with Gasteiger partial charge in [-0.15, -0.1) is 0 Å². The predicted octanol–water partition coefficient (Wildman–Crippen LogP) is 1.45. The van der Waals surface area contributed by atoms with E-state index in [-0.39, 0.29) is 6.03 Å². The zero-order valence-electron chi connectivity index (χ0n) is 10.4. The maximum atomic E-state index is 11.3. The molecule has 2 amide bonds. The van der Waals surface area contributed by atoms with Crippen molar-refractivity contribution in [2.75, 3.05) is 20.2 Å². The Kier molecular flexibility index (Phi) is 6.12. The first-order valence-corrected chi connectivity index (χ1v) is 5.78. The van der Waals surface area contributed by atoms with Crippen LogP contribution in [-0.2, 0) is 6.42 Å². The number of benzene rings is 1. The fraction of sp³-hybridized carbons (Fsp3) is 0.385. The second kappa shape index (κ2) is 7.96. The third kappa shape index (κ3) is 5.21. The van der Waals surface area contributed by atoms with Gasteiger partial charge in [0, 0.05) is 13.1 Å². The Balaban J connectivity index is 2.20. The minimum atomic E-state index is -0.237. The van der Waals surface area contributed by atoms with Crippen molar-refractivity contribution in [2.45, 2.75) is 12.8 Å². The molecule has 0 saturated carbocycles. The van der Waals surface area contributed by atoms with Gasteiger partial charge in [0.05, 0.1) is 19.6 Å². The second-order valence-corrected chi connectivity index (χ2v) is 3.69. The van der Waals surface area contributed by atoms with Gasteiger partial charge < -0.3 is 15.4 Å². The van der Waals surface area contributed by atoms with Gasteiger partial charge in [-0.05, 0) is 24.1 Å². The summed E-state index contributed by atoms with van der Waals surface area (Å²) in [6.45, 7) is 0.940. The number of ether oxygens (including phenoxy) is 1. The number of urea groups is 1. The number of methoxy groups -OCH3 is 1. The van der Waals surface area contributed by atoms with Crippen molar-refractivity contribution in [1.29, 1.82) is 5.26 Å². The van der Waals surface area contributed by atoms with Gasteiger partial charge in [-0.3, -0.25) is 0 Å². The zero-order valence-corrected chi connectivity index (χ0v) is 10.4. The average Bonchev–Trinajstić information content (AvgIpc) is 2.40. The molecule has 0 bridgehead atoms. The highest BCUT2D eigenvalue weighted by Gasteiger charge is 1.99. The summed E-state index contributed by atoms with van der Waals surface area (Å²) in [6, 6.07) is 9.44. The molecule has 0 aliphatic carbocycles. The van der Waals surface area contributed by atoms with Crippen LogP contribution in [0.3, 0.4) is 0 Å². The highest BCUT2D eigenvalue weighted by molar-refractivity contribution is 5.73. The van der Waals surface area contributed by atoms with Crippen molar-refractivity contribution < 1.29 is 9.53 Å². The van der Waals surface area contributed by atoms with Gasteiger partial charge in [0.25, 0.3) is 0 Å². The smallest absolute Gasteiger partial charge is 0.314 e. The van der Waals surface area contributed by atoms with Gasteiger partial charge in [0.1, 0.15) is 5.75 Å². The zero-order chi connectivity index (χ0) is 13.2. The molecule has 0 saturated heterocycles. The van der Waals surface area contributed by atoms with Gasteiger partial charge in [-0.1, -0.05) is 12.1 Å². The summed E-state index contributed by atoms with van der Waals surface area (Å²) in [6.07, 6.45) is 1.08. The number of amides is 2. The van der Waals surface area contributed by atoms with Gasteiger partial charge in [0.2, 0.25) is 0 Å². The van der Waals surface area contributed by atoms with E-state index < -0.39 is 0 Å². The first kappa shape index (κ1) is 13.8. The Labute approximate surface area is 107 Å². The molecule has 0 aliphatic rings. The molecule has 0 aliphatic heterocycles. The summed E-state index contributed by atoms with van der Waals surface area (Å²) >= 11 is 0. The standard InChI is InChI=1S/C13H17N3O2/c1-18-12-5-3-11(4-6-12)7-10-16-13(17)15-9-2-8-14/h3-6H,2,7,9-10H2,1H3,(H2,15,16,17). The molecule has 0 heterocycles. The minimum Gasteiger partial charge on any atom is -0.497 e. The molecule has 1 aromatic carbocycles. The largest absolute Gasteiger partial charge is 0.497 e. The lowest BCUT2D eigenvalue weighted by Crippen LogP contribution is -2.36. The van der Waals surface area contributed by atoms with Gasteiger partial charge in [-0.2, -0.15) is 5.26 Å². The summed E-state index contributed by atoms with van der Waals surface area (Å²) in [4.78, 5) is 11.3. The van der Waals surface area contributed by atoms with Gasteiger partial charge >= 0.3 is 6.03 Å². The first-order chi connectivity index (χ1) is 8.76. The summed E-state index contributed by atoms with van der Waals surface area (Å²) in [5.74, 6) is 0.820. The molecular formula is C13H17N3O2. The van der Waals surface area contributed by atoms with Crippen LogP contribution in [-0.4, -0.2) is 26.2 Å². The molecule has 0 atom stereocenters. The third-order valence-electron chi connectivity index (χ3n) is 2.38. The van der Waals surface area contributed by atoms with E-state index in [1.54, 1.807) is 7.11 Å². The lowest BCUT2D eigenvalue weighted by molar-refractivity contribution is 0.241. The topological polar surface area (TPSA) is 74.2 Å². The SMILES string of the molecule is COc1ccc(CCNC(=O)NCCC#N)cc1. The normalized spacial score (nSPS) is 9.33. The van der Waals surface area contributed by atoms with Crippen molar-refractivity contribution in [3.05, 3.63) is 29.8 Å². The highest BCUT2D eigenvalue weighted by Crippen LogP contribution is 2.11. The minimum absolute atomic E-state index is 0.237. The van der Waals surface area contributed by atoms with Crippen molar-refractivity contribution in [2.24, 2.45) is 0 Å². The number of nitriles is 1. The number of rotatable bonds is 6. The molecule has 96 valence electrons. The van der Waals surface area contributed by atoms with Crippen molar-refractivity contribution >= 4 is 6.03 Å². The van der Waals surface area contributed by atoms with E-state index >= 15 is 0 Å². The van der Waals surface area contributed by atoms with E-state index in [2.05, 4.69) is 10.6 Å². The van der Waals surface area contributed by atoms with Crippen LogP contribution in [0.5, 0.6) is 5.75 Å². The molecular weight excluding hydrogens is 230 g/mol. The Bertz CT molecular complexity index is 409. The lowest BCUT2D eigenvalue weighted by Gasteiger charge is -2.06. The fourth-order valence-electron chi connectivity index (χ4n) is 1.41. The Morgan fingerprint density at radius 1 is 1.28 bits per heavy atom. The van der Waals surface area contributed by atoms with Crippen LogP contribution in [0.4, 0.5) is 4.79 Å². The number of carbonyl (C=O) groups excluding carboxylic acids is 1. The molecule has 18 heavy (non-hydrogen) atoms. The summed E-state index contributed by atoms with van der Waals surface area (Å²) in [5, 5.41) is 13.6. The van der Waals surface area contributed by atoms with Crippen LogP contribution >= 0.6 is 0 Å². The van der Waals surface area contributed by atoms with Crippen molar-refractivity contribution in [3.63, 3.8) is 0 Å². The van der Waals surface area contributed by atoms with Gasteiger partial charge in [0.15, 0.2) is 0 Å². The molecule has 0 aromatic heterocycles. The number of hydrogen-bond acceptors (Lipinski definition) is 3. The Morgan fingerprint density at radius 3 is 2.56 bits per heavy atom. The third-order valence-corrected chi connectivity index (χ3v) is 2.38. The van der Waals surface area contributed by atoms with Crippen LogP contribution in [0.25, 0.3) is 0 Å². The van der Waals surface area contributed by atoms with Crippen LogP contribution in [0.2, 0.25) is 0 Å². The van der Waals surface area contributed by atoms with E-state index in [9.17, 15) is 4.79 Å².